The van der Waals surface area contributed by atoms with Crippen LogP contribution >= 0.6 is 23.2 Å². The summed E-state index contributed by atoms with van der Waals surface area (Å²) in [6, 6.07) is 10.3. The van der Waals surface area contributed by atoms with E-state index in [0.29, 0.717) is 51.3 Å². The van der Waals surface area contributed by atoms with Crippen LogP contribution in [-0.4, -0.2) is 40.1 Å². The number of nitrogens with zero attached hydrogens (tertiary/aromatic N) is 2. The second kappa shape index (κ2) is 5.71. The topological polar surface area (TPSA) is 66.6 Å². The molecule has 1 aromatic heterocycles. The van der Waals surface area contributed by atoms with Gasteiger partial charge in [-0.05, 0) is 36.4 Å². The maximum absolute atomic E-state index is 12.7. The smallest absolute Gasteiger partial charge is 0.254 e. The van der Waals surface area contributed by atoms with Gasteiger partial charge in [0.05, 0.1) is 6.10 Å². The summed E-state index contributed by atoms with van der Waals surface area (Å²) in [5.74, 6) is 0.842. The molecule has 2 fully saturated rings. The first-order chi connectivity index (χ1) is 12.5. The van der Waals surface area contributed by atoms with E-state index in [1.807, 2.05) is 0 Å². The van der Waals surface area contributed by atoms with Crippen LogP contribution in [0.25, 0.3) is 22.6 Å². The Bertz CT molecular complexity index is 1020. The fourth-order valence-electron chi connectivity index (χ4n) is 3.70. The Morgan fingerprint density at radius 2 is 1.81 bits per heavy atom. The lowest BCUT2D eigenvalue weighted by molar-refractivity contribution is 0.0746. The average molecular weight is 389 g/mol. The number of hydrogen-bond donors (Lipinski definition) is 1. The molecule has 1 N–H and O–H groups in total. The number of likely N-dealkylation sites (tertiary alicyclic amines) is 1. The summed E-state index contributed by atoms with van der Waals surface area (Å²) in [5.41, 5.74) is 2.43. The molecule has 1 aliphatic heterocycles. The van der Waals surface area contributed by atoms with Crippen molar-refractivity contribution >= 4 is 40.2 Å². The van der Waals surface area contributed by atoms with E-state index in [1.54, 1.807) is 41.3 Å². The van der Waals surface area contributed by atoms with Crippen LogP contribution in [-0.2, 0) is 0 Å². The number of aliphatic hydroxyl groups is 1. The number of aromatic nitrogens is 1. The summed E-state index contributed by atoms with van der Waals surface area (Å²) in [4.78, 5) is 18.9. The molecule has 0 radical (unpaired) electrons. The van der Waals surface area contributed by atoms with Crippen LogP contribution in [0.5, 0.6) is 0 Å². The van der Waals surface area contributed by atoms with Crippen molar-refractivity contribution in [2.45, 2.75) is 6.10 Å². The van der Waals surface area contributed by atoms with Gasteiger partial charge >= 0.3 is 0 Å². The van der Waals surface area contributed by atoms with Crippen molar-refractivity contribution in [3.8, 4) is 11.5 Å². The number of carbonyl (C=O) groups is 1. The Morgan fingerprint density at radius 3 is 2.50 bits per heavy atom. The molecule has 0 bridgehead atoms. The SMILES string of the molecule is O=C(c1ccc2nc(-c3cc(Cl)cc(Cl)c3)oc2c1)N1C[C@@H]2[C@H](O)[C@@H]2C1. The molecule has 1 aliphatic carbocycles. The highest BCUT2D eigenvalue weighted by Gasteiger charge is 2.56. The maximum atomic E-state index is 12.7. The molecular formula is C19H14Cl2N2O3. The van der Waals surface area contributed by atoms with E-state index in [2.05, 4.69) is 4.98 Å². The second-order valence-electron chi connectivity index (χ2n) is 6.89. The minimum atomic E-state index is -0.233. The summed E-state index contributed by atoms with van der Waals surface area (Å²) < 4.78 is 5.83. The highest BCUT2D eigenvalue weighted by Crippen LogP contribution is 2.45. The summed E-state index contributed by atoms with van der Waals surface area (Å²) >= 11 is 12.1. The molecule has 7 heteroatoms. The minimum Gasteiger partial charge on any atom is -0.436 e. The Morgan fingerprint density at radius 1 is 1.12 bits per heavy atom. The van der Waals surface area contributed by atoms with E-state index in [0.717, 1.165) is 0 Å². The zero-order chi connectivity index (χ0) is 18.0. The molecule has 1 saturated carbocycles. The van der Waals surface area contributed by atoms with Crippen molar-refractivity contribution in [3.05, 3.63) is 52.0 Å². The molecular weight excluding hydrogens is 375 g/mol. The van der Waals surface area contributed by atoms with Gasteiger partial charge in [0.2, 0.25) is 5.89 Å². The van der Waals surface area contributed by atoms with Gasteiger partial charge in [-0.25, -0.2) is 4.98 Å². The van der Waals surface area contributed by atoms with E-state index in [9.17, 15) is 9.90 Å². The lowest BCUT2D eigenvalue weighted by atomic mass is 10.2. The summed E-state index contributed by atoms with van der Waals surface area (Å²) in [7, 11) is 0. The fourth-order valence-corrected chi connectivity index (χ4v) is 4.23. The van der Waals surface area contributed by atoms with Crippen molar-refractivity contribution in [1.29, 1.82) is 0 Å². The van der Waals surface area contributed by atoms with Crippen LogP contribution in [0.4, 0.5) is 0 Å². The molecule has 2 heterocycles. The summed E-state index contributed by atoms with van der Waals surface area (Å²) in [6.07, 6.45) is -0.233. The summed E-state index contributed by atoms with van der Waals surface area (Å²) in [5, 5.41) is 10.6. The van der Waals surface area contributed by atoms with Gasteiger partial charge in [-0.1, -0.05) is 23.2 Å². The van der Waals surface area contributed by atoms with Gasteiger partial charge in [0.15, 0.2) is 5.58 Å². The first kappa shape index (κ1) is 16.1. The zero-order valence-electron chi connectivity index (χ0n) is 13.5. The van der Waals surface area contributed by atoms with E-state index < -0.39 is 0 Å². The predicted octanol–water partition coefficient (Wildman–Crippen LogP) is 3.86. The Kier molecular flexibility index (Phi) is 3.54. The second-order valence-corrected chi connectivity index (χ2v) is 7.76. The van der Waals surface area contributed by atoms with Crippen LogP contribution in [0.3, 0.4) is 0 Å². The number of carbonyl (C=O) groups excluding carboxylic acids is 1. The number of halogens is 2. The first-order valence-corrected chi connectivity index (χ1v) is 9.09. The lowest BCUT2D eigenvalue weighted by Gasteiger charge is -2.18. The predicted molar refractivity (Wildman–Crippen MR) is 98.4 cm³/mol. The molecule has 2 aliphatic rings. The van der Waals surface area contributed by atoms with E-state index >= 15 is 0 Å². The van der Waals surface area contributed by atoms with E-state index in [-0.39, 0.29) is 23.8 Å². The average Bonchev–Trinajstić information content (AvgIpc) is 3.01. The van der Waals surface area contributed by atoms with Crippen molar-refractivity contribution in [1.82, 2.24) is 9.88 Å². The van der Waals surface area contributed by atoms with Crippen LogP contribution in [0.1, 0.15) is 10.4 Å². The highest BCUT2D eigenvalue weighted by molar-refractivity contribution is 6.35. The third-order valence-corrected chi connectivity index (χ3v) is 5.62. The number of rotatable bonds is 2. The zero-order valence-corrected chi connectivity index (χ0v) is 15.0. The molecule has 5 rings (SSSR count). The van der Waals surface area contributed by atoms with E-state index in [1.165, 1.54) is 0 Å². The van der Waals surface area contributed by atoms with Gasteiger partial charge < -0.3 is 14.4 Å². The normalized spacial score (nSPS) is 24.1. The molecule has 3 atom stereocenters. The Balaban J connectivity index is 1.45. The lowest BCUT2D eigenvalue weighted by Crippen LogP contribution is -2.32. The van der Waals surface area contributed by atoms with Gasteiger partial charge in [-0.2, -0.15) is 0 Å². The number of oxazole rings is 1. The van der Waals surface area contributed by atoms with Crippen LogP contribution in [0.2, 0.25) is 10.0 Å². The van der Waals surface area contributed by atoms with Crippen molar-refractivity contribution < 1.29 is 14.3 Å². The number of hydrogen-bond acceptors (Lipinski definition) is 4. The van der Waals surface area contributed by atoms with Crippen molar-refractivity contribution in [3.63, 3.8) is 0 Å². The van der Waals surface area contributed by atoms with Crippen LogP contribution in [0, 0.1) is 11.8 Å². The van der Waals surface area contributed by atoms with Gasteiger partial charge in [-0.3, -0.25) is 4.79 Å². The number of aliphatic hydroxyl groups excluding tert-OH is 1. The fraction of sp³-hybridized carbons (Fsp3) is 0.263. The minimum absolute atomic E-state index is 0.0462. The van der Waals surface area contributed by atoms with Gasteiger partial charge in [0.1, 0.15) is 5.52 Å². The third-order valence-electron chi connectivity index (χ3n) is 5.18. The third kappa shape index (κ3) is 2.58. The van der Waals surface area contributed by atoms with Gasteiger partial charge in [0.25, 0.3) is 5.91 Å². The summed E-state index contributed by atoms with van der Waals surface area (Å²) in [6.45, 7) is 1.23. The molecule has 5 nitrogen and oxygen atoms in total. The Hall–Kier alpha value is -2.08. The van der Waals surface area contributed by atoms with Crippen molar-refractivity contribution in [2.75, 3.05) is 13.1 Å². The van der Waals surface area contributed by atoms with Gasteiger partial charge in [-0.15, -0.1) is 0 Å². The standard InChI is InChI=1S/C19H14Cl2N2O3/c20-11-3-10(4-12(21)6-11)18-22-15-2-1-9(5-16(15)26-18)19(25)23-7-13-14(8-23)17(13)24/h1-6,13-14,17,24H,7-8H2/t13-,14+,17-. The molecule has 0 spiro atoms. The van der Waals surface area contributed by atoms with E-state index in [4.69, 9.17) is 27.6 Å². The van der Waals surface area contributed by atoms with Crippen LogP contribution < -0.4 is 0 Å². The van der Waals surface area contributed by atoms with Crippen molar-refractivity contribution in [2.24, 2.45) is 11.8 Å². The number of benzene rings is 2. The number of amides is 1. The monoisotopic (exact) mass is 388 g/mol. The Labute approximate surface area is 159 Å². The molecule has 2 aromatic carbocycles. The highest BCUT2D eigenvalue weighted by atomic mass is 35.5. The molecule has 132 valence electrons. The molecule has 1 amide bonds. The number of piperidine rings is 1. The largest absolute Gasteiger partial charge is 0.436 e. The molecule has 3 aromatic rings. The van der Waals surface area contributed by atoms with Crippen LogP contribution in [0.15, 0.2) is 40.8 Å². The molecule has 26 heavy (non-hydrogen) atoms. The quantitative estimate of drug-likeness (QED) is 0.723. The number of fused-ring (bicyclic) bond motifs is 2. The molecule has 0 unspecified atom stereocenters. The maximum Gasteiger partial charge on any atom is 0.254 e. The van der Waals surface area contributed by atoms with Gasteiger partial charge in [0, 0.05) is 46.1 Å². The molecule has 1 saturated heterocycles. The first-order valence-electron chi connectivity index (χ1n) is 8.34.